The van der Waals surface area contributed by atoms with E-state index in [1.165, 1.54) is 5.56 Å². The first-order valence-corrected chi connectivity index (χ1v) is 11.4. The summed E-state index contributed by atoms with van der Waals surface area (Å²) in [4.78, 5) is 39.2. The number of aryl methyl sites for hydroxylation is 1. The molecule has 0 aliphatic carbocycles. The number of amides is 2. The molecule has 0 aromatic heterocycles. The van der Waals surface area contributed by atoms with E-state index < -0.39 is 0 Å². The highest BCUT2D eigenvalue weighted by Gasteiger charge is 2.24. The number of hydrogen-bond donors (Lipinski definition) is 1. The van der Waals surface area contributed by atoms with Crippen molar-refractivity contribution in [3.05, 3.63) is 65.2 Å². The number of carbonyl (C=O) groups is 3. The van der Waals surface area contributed by atoms with Gasteiger partial charge >= 0.3 is 0 Å². The summed E-state index contributed by atoms with van der Waals surface area (Å²) in [5, 5.41) is 3.02. The molecule has 3 rings (SSSR count). The number of rotatable bonds is 9. The second-order valence-corrected chi connectivity index (χ2v) is 8.07. The maximum Gasteiger partial charge on any atom is 0.253 e. The second kappa shape index (κ2) is 11.5. The van der Waals surface area contributed by atoms with E-state index in [0.717, 1.165) is 12.2 Å². The highest BCUT2D eigenvalue weighted by molar-refractivity contribution is 5.98. The van der Waals surface area contributed by atoms with Gasteiger partial charge in [-0.25, -0.2) is 0 Å². The van der Waals surface area contributed by atoms with Gasteiger partial charge in [-0.3, -0.25) is 14.4 Å². The lowest BCUT2D eigenvalue weighted by Gasteiger charge is -2.32. The lowest BCUT2D eigenvalue weighted by Crippen LogP contribution is -2.46. The Morgan fingerprint density at radius 2 is 1.53 bits per heavy atom. The summed E-state index contributed by atoms with van der Waals surface area (Å²) < 4.78 is 5.42. The van der Waals surface area contributed by atoms with E-state index in [1.54, 1.807) is 12.1 Å². The average Bonchev–Trinajstić information content (AvgIpc) is 2.83. The molecule has 2 aromatic carbocycles. The molecule has 0 saturated carbocycles. The number of nitrogens with zero attached hydrogens (tertiary/aromatic N) is 1. The van der Waals surface area contributed by atoms with E-state index in [0.29, 0.717) is 43.7 Å². The molecule has 1 saturated heterocycles. The van der Waals surface area contributed by atoms with Crippen LogP contribution in [0.5, 0.6) is 5.75 Å². The van der Waals surface area contributed by atoms with Crippen molar-refractivity contribution in [3.63, 3.8) is 0 Å². The summed E-state index contributed by atoms with van der Waals surface area (Å²) in [6.07, 6.45) is 2.73. The Hall–Kier alpha value is -3.15. The van der Waals surface area contributed by atoms with Gasteiger partial charge in [-0.15, -0.1) is 0 Å². The predicted octanol–water partition coefficient (Wildman–Crippen LogP) is 4.03. The van der Waals surface area contributed by atoms with Crippen molar-refractivity contribution < 1.29 is 19.1 Å². The van der Waals surface area contributed by atoms with E-state index in [9.17, 15) is 14.4 Å². The fourth-order valence-electron chi connectivity index (χ4n) is 3.87. The van der Waals surface area contributed by atoms with Crippen LogP contribution in [0.3, 0.4) is 0 Å². The molecule has 0 atom stereocenters. The Labute approximate surface area is 189 Å². The molecule has 32 heavy (non-hydrogen) atoms. The number of ether oxygens (including phenoxy) is 1. The topological polar surface area (TPSA) is 75.7 Å². The summed E-state index contributed by atoms with van der Waals surface area (Å²) in [5.41, 5.74) is 2.48. The zero-order chi connectivity index (χ0) is 22.9. The average molecular weight is 437 g/mol. The van der Waals surface area contributed by atoms with Crippen LogP contribution in [0.15, 0.2) is 48.5 Å². The van der Waals surface area contributed by atoms with Crippen LogP contribution in [0.4, 0.5) is 0 Å². The van der Waals surface area contributed by atoms with Crippen molar-refractivity contribution in [2.45, 2.75) is 52.0 Å². The molecule has 6 nitrogen and oxygen atoms in total. The number of piperidine rings is 1. The minimum Gasteiger partial charge on any atom is -0.494 e. The Morgan fingerprint density at radius 3 is 2.12 bits per heavy atom. The van der Waals surface area contributed by atoms with Gasteiger partial charge in [0, 0.05) is 43.1 Å². The van der Waals surface area contributed by atoms with Crippen LogP contribution in [-0.4, -0.2) is 48.2 Å². The monoisotopic (exact) mass is 436 g/mol. The fourth-order valence-corrected chi connectivity index (χ4v) is 3.87. The summed E-state index contributed by atoms with van der Waals surface area (Å²) in [7, 11) is 0. The number of nitrogens with one attached hydrogen (secondary N) is 1. The lowest BCUT2D eigenvalue weighted by atomic mass is 10.0. The van der Waals surface area contributed by atoms with Crippen molar-refractivity contribution in [3.8, 4) is 5.75 Å². The van der Waals surface area contributed by atoms with Gasteiger partial charge in [0.05, 0.1) is 6.61 Å². The molecule has 0 spiro atoms. The molecular formula is C26H32N2O4. The summed E-state index contributed by atoms with van der Waals surface area (Å²) in [5.74, 6) is 0.623. The van der Waals surface area contributed by atoms with Crippen LogP contribution in [0, 0.1) is 0 Å². The van der Waals surface area contributed by atoms with E-state index in [-0.39, 0.29) is 36.5 Å². The minimum atomic E-state index is -0.111. The lowest BCUT2D eigenvalue weighted by molar-refractivity contribution is -0.122. The molecule has 1 fully saturated rings. The van der Waals surface area contributed by atoms with E-state index in [1.807, 2.05) is 48.2 Å². The van der Waals surface area contributed by atoms with Gasteiger partial charge < -0.3 is 15.0 Å². The summed E-state index contributed by atoms with van der Waals surface area (Å²) >= 11 is 0. The summed E-state index contributed by atoms with van der Waals surface area (Å²) in [6.45, 7) is 5.78. The molecule has 6 heteroatoms. The molecule has 2 aromatic rings. The SMILES string of the molecule is CCOc1ccc(C(=O)N2CCC(NC(=O)CCC(=O)c3ccc(CC)cc3)CC2)cc1. The predicted molar refractivity (Wildman–Crippen MR) is 124 cm³/mol. The van der Waals surface area contributed by atoms with Gasteiger partial charge in [-0.1, -0.05) is 31.2 Å². The number of likely N-dealkylation sites (tertiary alicyclic amines) is 1. The molecule has 1 aliphatic heterocycles. The highest BCUT2D eigenvalue weighted by Crippen LogP contribution is 2.17. The quantitative estimate of drug-likeness (QED) is 0.602. The van der Waals surface area contributed by atoms with Gasteiger partial charge in [0.25, 0.3) is 5.91 Å². The smallest absolute Gasteiger partial charge is 0.253 e. The zero-order valence-corrected chi connectivity index (χ0v) is 18.9. The normalized spacial score (nSPS) is 14.1. The molecule has 0 radical (unpaired) electrons. The van der Waals surface area contributed by atoms with Crippen LogP contribution in [0.25, 0.3) is 0 Å². The molecular weight excluding hydrogens is 404 g/mol. The molecule has 170 valence electrons. The van der Waals surface area contributed by atoms with Crippen LogP contribution in [0.2, 0.25) is 0 Å². The molecule has 1 N–H and O–H groups in total. The Balaban J connectivity index is 1.40. The van der Waals surface area contributed by atoms with Crippen LogP contribution < -0.4 is 10.1 Å². The van der Waals surface area contributed by atoms with Crippen molar-refractivity contribution in [1.82, 2.24) is 10.2 Å². The number of benzene rings is 2. The van der Waals surface area contributed by atoms with Crippen molar-refractivity contribution in [2.24, 2.45) is 0 Å². The van der Waals surface area contributed by atoms with E-state index >= 15 is 0 Å². The molecule has 2 amide bonds. The Morgan fingerprint density at radius 1 is 0.906 bits per heavy atom. The maximum atomic E-state index is 12.7. The molecule has 0 unspecified atom stereocenters. The minimum absolute atomic E-state index is 0.00230. The van der Waals surface area contributed by atoms with Crippen LogP contribution in [-0.2, 0) is 11.2 Å². The Bertz CT molecular complexity index is 914. The number of carbonyl (C=O) groups excluding carboxylic acids is 3. The van der Waals surface area contributed by atoms with Crippen LogP contribution in [0.1, 0.15) is 65.8 Å². The number of Topliss-reactive ketones (excluding diaryl/α,β-unsaturated/α-hetero) is 1. The van der Waals surface area contributed by atoms with Gasteiger partial charge in [0.2, 0.25) is 5.91 Å². The first-order chi connectivity index (χ1) is 15.5. The van der Waals surface area contributed by atoms with Gasteiger partial charge in [0.15, 0.2) is 5.78 Å². The second-order valence-electron chi connectivity index (χ2n) is 8.07. The third-order valence-electron chi connectivity index (χ3n) is 5.82. The molecule has 1 heterocycles. The zero-order valence-electron chi connectivity index (χ0n) is 18.9. The van der Waals surface area contributed by atoms with Crippen molar-refractivity contribution in [2.75, 3.05) is 19.7 Å². The summed E-state index contributed by atoms with van der Waals surface area (Å²) in [6, 6.07) is 14.8. The highest BCUT2D eigenvalue weighted by atomic mass is 16.5. The number of hydrogen-bond acceptors (Lipinski definition) is 4. The third kappa shape index (κ3) is 6.42. The van der Waals surface area contributed by atoms with E-state index in [4.69, 9.17) is 4.74 Å². The van der Waals surface area contributed by atoms with Gasteiger partial charge in [-0.05, 0) is 56.0 Å². The first kappa shape index (κ1) is 23.5. The van der Waals surface area contributed by atoms with Crippen molar-refractivity contribution >= 4 is 17.6 Å². The van der Waals surface area contributed by atoms with E-state index in [2.05, 4.69) is 12.2 Å². The van der Waals surface area contributed by atoms with Gasteiger partial charge in [0.1, 0.15) is 5.75 Å². The number of ketones is 1. The largest absolute Gasteiger partial charge is 0.494 e. The molecule has 1 aliphatic rings. The van der Waals surface area contributed by atoms with Crippen molar-refractivity contribution in [1.29, 1.82) is 0 Å². The van der Waals surface area contributed by atoms with Crippen LogP contribution >= 0.6 is 0 Å². The third-order valence-corrected chi connectivity index (χ3v) is 5.82. The maximum absolute atomic E-state index is 12.7. The fraction of sp³-hybridized carbons (Fsp3) is 0.423. The first-order valence-electron chi connectivity index (χ1n) is 11.4. The Kier molecular flexibility index (Phi) is 8.42. The standard InChI is InChI=1S/C26H32N2O4/c1-3-19-5-7-20(8-6-19)24(29)13-14-25(30)27-22-15-17-28(18-16-22)26(31)21-9-11-23(12-10-21)32-4-2/h5-12,22H,3-4,13-18H2,1-2H3,(H,27,30). The molecule has 0 bridgehead atoms. The van der Waals surface area contributed by atoms with Gasteiger partial charge in [-0.2, -0.15) is 0 Å².